The van der Waals surface area contributed by atoms with Crippen molar-refractivity contribution in [3.8, 4) is 0 Å². The molecule has 1 aliphatic heterocycles. The van der Waals surface area contributed by atoms with Gasteiger partial charge in [-0.1, -0.05) is 26.7 Å². The third-order valence-electron chi connectivity index (χ3n) is 5.24. The molecule has 0 atom stereocenters. The van der Waals surface area contributed by atoms with Crippen LogP contribution >= 0.6 is 0 Å². The topological polar surface area (TPSA) is 39.7 Å². The van der Waals surface area contributed by atoms with Crippen LogP contribution in [0, 0.1) is 5.41 Å². The van der Waals surface area contributed by atoms with E-state index in [0.29, 0.717) is 11.5 Å². The first-order chi connectivity index (χ1) is 10.6. The fourth-order valence-electron chi connectivity index (χ4n) is 3.79. The van der Waals surface area contributed by atoms with Gasteiger partial charge in [-0.2, -0.15) is 0 Å². The summed E-state index contributed by atoms with van der Waals surface area (Å²) < 4.78 is 0. The van der Waals surface area contributed by atoms with Crippen LogP contribution in [-0.4, -0.2) is 49.6 Å². The second-order valence-corrected chi connectivity index (χ2v) is 7.47. The second-order valence-electron chi connectivity index (χ2n) is 7.47. The van der Waals surface area contributed by atoms with Crippen LogP contribution in [0.25, 0.3) is 0 Å². The molecule has 1 aliphatic carbocycles. The van der Waals surface area contributed by atoms with E-state index in [4.69, 9.17) is 4.99 Å². The fraction of sp³-hybridized carbons (Fsp3) is 0.944. The van der Waals surface area contributed by atoms with E-state index in [0.717, 1.165) is 19.0 Å². The smallest absolute Gasteiger partial charge is 0.191 e. The molecule has 0 aromatic heterocycles. The molecule has 128 valence electrons. The van der Waals surface area contributed by atoms with E-state index >= 15 is 0 Å². The molecule has 22 heavy (non-hydrogen) atoms. The number of hydrogen-bond donors (Lipinski definition) is 2. The van der Waals surface area contributed by atoms with Gasteiger partial charge in [0.25, 0.3) is 0 Å². The maximum Gasteiger partial charge on any atom is 0.191 e. The van der Waals surface area contributed by atoms with Gasteiger partial charge in [-0.15, -0.1) is 0 Å². The summed E-state index contributed by atoms with van der Waals surface area (Å²) in [5.74, 6) is 1.03. The highest BCUT2D eigenvalue weighted by atomic mass is 15.2. The molecule has 2 N–H and O–H groups in total. The number of rotatable bonds is 6. The molecular weight excluding hydrogens is 272 g/mol. The Morgan fingerprint density at radius 2 is 1.86 bits per heavy atom. The average molecular weight is 309 g/mol. The number of likely N-dealkylation sites (tertiary alicyclic amines) is 1. The normalized spacial score (nSPS) is 23.7. The van der Waals surface area contributed by atoms with Crippen molar-refractivity contribution in [2.45, 2.75) is 71.8 Å². The number of aliphatic imine (C=N–C) groups is 1. The number of nitrogens with zero attached hydrogens (tertiary/aromatic N) is 2. The van der Waals surface area contributed by atoms with Gasteiger partial charge in [-0.25, -0.2) is 0 Å². The van der Waals surface area contributed by atoms with E-state index in [9.17, 15) is 0 Å². The minimum atomic E-state index is 0.437. The fourth-order valence-corrected chi connectivity index (χ4v) is 3.79. The lowest BCUT2D eigenvalue weighted by Gasteiger charge is -2.33. The summed E-state index contributed by atoms with van der Waals surface area (Å²) in [6, 6.07) is 0.585. The van der Waals surface area contributed by atoms with E-state index in [-0.39, 0.29) is 0 Å². The van der Waals surface area contributed by atoms with Crippen molar-refractivity contribution in [1.29, 1.82) is 0 Å². The molecule has 1 heterocycles. The minimum Gasteiger partial charge on any atom is -0.357 e. The Kier molecular flexibility index (Phi) is 7.00. The molecular formula is C18H36N4. The molecule has 1 saturated carbocycles. The van der Waals surface area contributed by atoms with Gasteiger partial charge in [0.2, 0.25) is 0 Å². The van der Waals surface area contributed by atoms with E-state index in [1.54, 1.807) is 0 Å². The SMILES string of the molecule is CCCN1CCC(NC(=NCC2(C)CCCC2)NCC)CC1. The third-order valence-corrected chi connectivity index (χ3v) is 5.24. The Labute approximate surface area is 137 Å². The van der Waals surface area contributed by atoms with Crippen molar-refractivity contribution in [3.05, 3.63) is 0 Å². The predicted molar refractivity (Wildman–Crippen MR) is 95.4 cm³/mol. The van der Waals surface area contributed by atoms with Crippen LogP contribution in [0.3, 0.4) is 0 Å². The van der Waals surface area contributed by atoms with Crippen LogP contribution in [0.15, 0.2) is 4.99 Å². The van der Waals surface area contributed by atoms with Crippen molar-refractivity contribution < 1.29 is 0 Å². The van der Waals surface area contributed by atoms with Crippen molar-refractivity contribution >= 4 is 5.96 Å². The predicted octanol–water partition coefficient (Wildman–Crippen LogP) is 3.00. The molecule has 2 rings (SSSR count). The number of nitrogens with one attached hydrogen (secondary N) is 2. The molecule has 4 heteroatoms. The van der Waals surface area contributed by atoms with Crippen LogP contribution in [0.2, 0.25) is 0 Å². The summed E-state index contributed by atoms with van der Waals surface area (Å²) in [5, 5.41) is 7.11. The van der Waals surface area contributed by atoms with Crippen LogP contribution in [0.4, 0.5) is 0 Å². The molecule has 2 fully saturated rings. The first-order valence-corrected chi connectivity index (χ1v) is 9.42. The highest BCUT2D eigenvalue weighted by molar-refractivity contribution is 5.80. The largest absolute Gasteiger partial charge is 0.357 e. The Morgan fingerprint density at radius 1 is 1.18 bits per heavy atom. The number of guanidine groups is 1. The highest BCUT2D eigenvalue weighted by Crippen LogP contribution is 2.37. The summed E-state index contributed by atoms with van der Waals surface area (Å²) >= 11 is 0. The molecule has 0 radical (unpaired) electrons. The van der Waals surface area contributed by atoms with E-state index in [1.807, 2.05) is 0 Å². The lowest BCUT2D eigenvalue weighted by molar-refractivity contribution is 0.206. The lowest BCUT2D eigenvalue weighted by Crippen LogP contribution is -2.49. The van der Waals surface area contributed by atoms with E-state index in [1.165, 1.54) is 64.6 Å². The summed E-state index contributed by atoms with van der Waals surface area (Å²) in [5.41, 5.74) is 0.437. The van der Waals surface area contributed by atoms with Crippen LogP contribution in [-0.2, 0) is 0 Å². The first-order valence-electron chi connectivity index (χ1n) is 9.42. The summed E-state index contributed by atoms with van der Waals surface area (Å²) in [4.78, 5) is 7.48. The highest BCUT2D eigenvalue weighted by Gasteiger charge is 2.28. The number of piperidine rings is 1. The van der Waals surface area contributed by atoms with E-state index in [2.05, 4.69) is 36.3 Å². The second kappa shape index (κ2) is 8.76. The number of hydrogen-bond acceptors (Lipinski definition) is 2. The van der Waals surface area contributed by atoms with Crippen LogP contribution in [0.1, 0.15) is 65.7 Å². The average Bonchev–Trinajstić information content (AvgIpc) is 2.95. The molecule has 0 aromatic carbocycles. The molecule has 2 aliphatic rings. The zero-order valence-electron chi connectivity index (χ0n) is 15.0. The zero-order valence-corrected chi connectivity index (χ0v) is 15.0. The molecule has 4 nitrogen and oxygen atoms in total. The molecule has 0 unspecified atom stereocenters. The Balaban J connectivity index is 1.81. The van der Waals surface area contributed by atoms with Gasteiger partial charge in [0.15, 0.2) is 5.96 Å². The van der Waals surface area contributed by atoms with Gasteiger partial charge >= 0.3 is 0 Å². The van der Waals surface area contributed by atoms with Gasteiger partial charge in [0.1, 0.15) is 0 Å². The molecule has 0 amide bonds. The lowest BCUT2D eigenvalue weighted by atomic mass is 9.89. The zero-order chi connectivity index (χ0) is 15.8. The van der Waals surface area contributed by atoms with Gasteiger partial charge in [-0.05, 0) is 51.0 Å². The quantitative estimate of drug-likeness (QED) is 0.585. The molecule has 0 spiro atoms. The summed E-state index contributed by atoms with van der Waals surface area (Å²) in [6.45, 7) is 12.4. The minimum absolute atomic E-state index is 0.437. The molecule has 1 saturated heterocycles. The van der Waals surface area contributed by atoms with Crippen molar-refractivity contribution in [2.24, 2.45) is 10.4 Å². The molecule has 0 aromatic rings. The Hall–Kier alpha value is -0.770. The maximum atomic E-state index is 4.90. The van der Waals surface area contributed by atoms with Gasteiger partial charge < -0.3 is 15.5 Å². The van der Waals surface area contributed by atoms with Gasteiger partial charge in [0, 0.05) is 32.2 Å². The Morgan fingerprint density at radius 3 is 2.45 bits per heavy atom. The molecule has 0 bridgehead atoms. The Bertz CT molecular complexity index is 339. The van der Waals surface area contributed by atoms with Gasteiger partial charge in [0.05, 0.1) is 0 Å². The van der Waals surface area contributed by atoms with Crippen molar-refractivity contribution in [3.63, 3.8) is 0 Å². The van der Waals surface area contributed by atoms with Crippen LogP contribution in [0.5, 0.6) is 0 Å². The van der Waals surface area contributed by atoms with Crippen molar-refractivity contribution in [2.75, 3.05) is 32.7 Å². The third kappa shape index (κ3) is 5.45. The van der Waals surface area contributed by atoms with Crippen LogP contribution < -0.4 is 10.6 Å². The summed E-state index contributed by atoms with van der Waals surface area (Å²) in [6.07, 6.45) is 9.18. The first kappa shape index (κ1) is 17.6. The monoisotopic (exact) mass is 308 g/mol. The van der Waals surface area contributed by atoms with Gasteiger partial charge in [-0.3, -0.25) is 4.99 Å². The van der Waals surface area contributed by atoms with Crippen molar-refractivity contribution in [1.82, 2.24) is 15.5 Å². The standard InChI is InChI=1S/C18H36N4/c1-4-12-22-13-8-16(9-14-22)21-17(19-5-2)20-15-18(3)10-6-7-11-18/h16H,4-15H2,1-3H3,(H2,19,20,21). The van der Waals surface area contributed by atoms with E-state index < -0.39 is 0 Å². The maximum absolute atomic E-state index is 4.90. The summed E-state index contributed by atoms with van der Waals surface area (Å²) in [7, 11) is 0.